The molecule has 2 aromatic carbocycles. The fourth-order valence-electron chi connectivity index (χ4n) is 1.72. The molecule has 2 aromatic rings. The second-order valence-electron chi connectivity index (χ2n) is 4.24. The summed E-state index contributed by atoms with van der Waals surface area (Å²) in [7, 11) is 0. The van der Waals surface area contributed by atoms with Crippen LogP contribution in [0.3, 0.4) is 0 Å². The van der Waals surface area contributed by atoms with Gasteiger partial charge in [-0.3, -0.25) is 14.9 Å². The van der Waals surface area contributed by atoms with Gasteiger partial charge in [-0.05, 0) is 31.2 Å². The number of carbonyl (C=O) groups is 1. The zero-order valence-corrected chi connectivity index (χ0v) is 11.1. The van der Waals surface area contributed by atoms with Gasteiger partial charge in [0.25, 0.3) is 0 Å². The van der Waals surface area contributed by atoms with Gasteiger partial charge in [0.1, 0.15) is 5.75 Å². The summed E-state index contributed by atoms with van der Waals surface area (Å²) >= 11 is 0. The second kappa shape index (κ2) is 5.84. The summed E-state index contributed by atoms with van der Waals surface area (Å²) in [5.41, 5.74) is 0.317. The number of benzene rings is 2. The van der Waals surface area contributed by atoms with Crippen LogP contribution in [0.5, 0.6) is 11.5 Å². The Morgan fingerprint density at radius 3 is 2.67 bits per heavy atom. The smallest absolute Gasteiger partial charge is 0.312 e. The summed E-state index contributed by atoms with van der Waals surface area (Å²) in [5.74, 6) is 0.199. The van der Waals surface area contributed by atoms with E-state index in [1.807, 2.05) is 6.07 Å². The monoisotopic (exact) mass is 282 g/mol. The Morgan fingerprint density at radius 2 is 2.05 bits per heavy atom. The number of nitro benzene ring substituents is 1. The topological polar surface area (TPSA) is 93.2 Å². The Balaban J connectivity index is 2.40. The molecule has 0 aromatic heterocycles. The molecule has 0 radical (unpaired) electrons. The molecular weight excluding hydrogens is 272 g/mol. The molecule has 0 spiro atoms. The van der Waals surface area contributed by atoms with Gasteiger partial charge in [-0.25, -0.2) is 0 Å². The molecule has 0 amide bonds. The van der Waals surface area contributed by atoms with Gasteiger partial charge in [-0.15, -0.1) is 0 Å². The molecule has 0 saturated heterocycles. The molecule has 0 atom stereocenters. The lowest BCUT2D eigenvalue weighted by Gasteiger charge is -2.07. The Bertz CT molecular complexity index is 763. The van der Waals surface area contributed by atoms with Crippen LogP contribution in [0.2, 0.25) is 0 Å². The number of hydrogen-bond acceptors (Lipinski definition) is 5. The van der Waals surface area contributed by atoms with Crippen LogP contribution >= 0.6 is 0 Å². The lowest BCUT2D eigenvalue weighted by molar-refractivity contribution is -0.385. The molecule has 0 aliphatic carbocycles. The van der Waals surface area contributed by atoms with E-state index in [1.54, 1.807) is 18.2 Å². The van der Waals surface area contributed by atoms with Gasteiger partial charge in [0.05, 0.1) is 16.6 Å². The molecule has 0 heterocycles. The second-order valence-corrected chi connectivity index (χ2v) is 4.24. The van der Waals surface area contributed by atoms with E-state index in [2.05, 4.69) is 0 Å². The minimum Gasteiger partial charge on any atom is -0.450 e. The minimum atomic E-state index is -0.620. The quantitative estimate of drug-likeness (QED) is 0.486. The van der Waals surface area contributed by atoms with E-state index >= 15 is 0 Å². The average molecular weight is 282 g/mol. The zero-order chi connectivity index (χ0) is 15.4. The highest BCUT2D eigenvalue weighted by Crippen LogP contribution is 2.32. The van der Waals surface area contributed by atoms with Crippen molar-refractivity contribution in [2.45, 2.75) is 6.92 Å². The lowest BCUT2D eigenvalue weighted by atomic mass is 10.1. The van der Waals surface area contributed by atoms with Crippen molar-refractivity contribution in [3.8, 4) is 17.6 Å². The van der Waals surface area contributed by atoms with Crippen molar-refractivity contribution < 1.29 is 14.5 Å². The maximum Gasteiger partial charge on any atom is 0.312 e. The van der Waals surface area contributed by atoms with Crippen molar-refractivity contribution in [2.24, 2.45) is 0 Å². The zero-order valence-electron chi connectivity index (χ0n) is 11.1. The normalized spacial score (nSPS) is 9.71. The fraction of sp³-hybridized carbons (Fsp3) is 0.0667. The number of nitriles is 1. The number of nitrogens with zero attached hydrogens (tertiary/aromatic N) is 2. The van der Waals surface area contributed by atoms with E-state index in [0.717, 1.165) is 6.07 Å². The summed E-state index contributed by atoms with van der Waals surface area (Å²) in [6.45, 7) is 1.42. The first-order valence-electron chi connectivity index (χ1n) is 5.98. The van der Waals surface area contributed by atoms with Crippen molar-refractivity contribution in [2.75, 3.05) is 0 Å². The number of rotatable bonds is 4. The molecule has 6 heteroatoms. The largest absolute Gasteiger partial charge is 0.450 e. The molecule has 0 N–H and O–H groups in total. The first kappa shape index (κ1) is 14.2. The summed E-state index contributed by atoms with van der Waals surface area (Å²) in [5, 5.41) is 19.8. The fourth-order valence-corrected chi connectivity index (χ4v) is 1.72. The van der Waals surface area contributed by atoms with Crippen molar-refractivity contribution in [1.29, 1.82) is 5.26 Å². The van der Waals surface area contributed by atoms with Gasteiger partial charge >= 0.3 is 5.69 Å². The van der Waals surface area contributed by atoms with Crippen LogP contribution in [0.25, 0.3) is 0 Å². The van der Waals surface area contributed by atoms with Crippen LogP contribution in [-0.2, 0) is 0 Å². The van der Waals surface area contributed by atoms with E-state index < -0.39 is 4.92 Å². The van der Waals surface area contributed by atoms with E-state index in [9.17, 15) is 14.9 Å². The third-order valence-electron chi connectivity index (χ3n) is 2.75. The van der Waals surface area contributed by atoms with Crippen molar-refractivity contribution >= 4 is 11.5 Å². The van der Waals surface area contributed by atoms with Crippen LogP contribution in [0.1, 0.15) is 22.8 Å². The summed E-state index contributed by atoms with van der Waals surface area (Å²) in [6.07, 6.45) is 0. The van der Waals surface area contributed by atoms with Gasteiger partial charge in [0.15, 0.2) is 5.78 Å². The van der Waals surface area contributed by atoms with Gasteiger partial charge < -0.3 is 4.74 Å². The molecular formula is C15H10N2O4. The molecule has 6 nitrogen and oxygen atoms in total. The van der Waals surface area contributed by atoms with E-state index in [0.29, 0.717) is 11.3 Å². The molecule has 2 rings (SSSR count). The summed E-state index contributed by atoms with van der Waals surface area (Å²) in [4.78, 5) is 21.7. The van der Waals surface area contributed by atoms with Crippen molar-refractivity contribution in [3.05, 3.63) is 63.7 Å². The number of Topliss-reactive ketones (excluding diaryl/α,β-unsaturated/α-hetero) is 1. The Labute approximate surface area is 120 Å². The predicted octanol–water partition coefficient (Wildman–Crippen LogP) is 3.46. The van der Waals surface area contributed by atoms with E-state index in [1.165, 1.54) is 25.1 Å². The highest BCUT2D eigenvalue weighted by Gasteiger charge is 2.17. The molecule has 21 heavy (non-hydrogen) atoms. The maximum absolute atomic E-state index is 11.3. The highest BCUT2D eigenvalue weighted by atomic mass is 16.6. The highest BCUT2D eigenvalue weighted by molar-refractivity contribution is 5.94. The van der Waals surface area contributed by atoms with Gasteiger partial charge in [0.2, 0.25) is 5.75 Å². The number of hydrogen-bond donors (Lipinski definition) is 0. The molecule has 0 fully saturated rings. The van der Waals surface area contributed by atoms with Crippen LogP contribution in [0.4, 0.5) is 5.69 Å². The molecule has 104 valence electrons. The predicted molar refractivity (Wildman–Crippen MR) is 74.3 cm³/mol. The number of ether oxygens (including phenoxy) is 1. The minimum absolute atomic E-state index is 0.0136. The number of ketones is 1. The number of carbonyl (C=O) groups excluding carboxylic acids is 1. The van der Waals surface area contributed by atoms with Gasteiger partial charge in [0, 0.05) is 11.6 Å². The molecule has 0 saturated carbocycles. The Hall–Kier alpha value is -3.20. The van der Waals surface area contributed by atoms with Crippen LogP contribution in [0.15, 0.2) is 42.5 Å². The van der Waals surface area contributed by atoms with Crippen LogP contribution in [0, 0.1) is 21.4 Å². The Morgan fingerprint density at radius 1 is 1.29 bits per heavy atom. The standard InChI is InChI=1S/C15H10N2O4/c1-10(18)12-3-2-4-13(8-12)21-15-6-5-11(9-16)7-14(15)17(19)20/h2-8H,1H3. The van der Waals surface area contributed by atoms with E-state index in [-0.39, 0.29) is 22.8 Å². The Kier molecular flexibility index (Phi) is 3.95. The maximum atomic E-state index is 11.3. The summed E-state index contributed by atoms with van der Waals surface area (Å²) < 4.78 is 5.46. The molecule has 0 aliphatic rings. The van der Waals surface area contributed by atoms with Crippen LogP contribution in [-0.4, -0.2) is 10.7 Å². The van der Waals surface area contributed by atoms with Gasteiger partial charge in [-0.1, -0.05) is 12.1 Å². The van der Waals surface area contributed by atoms with Crippen molar-refractivity contribution in [3.63, 3.8) is 0 Å². The summed E-state index contributed by atoms with van der Waals surface area (Å²) in [6, 6.07) is 12.1. The SMILES string of the molecule is CC(=O)c1cccc(Oc2ccc(C#N)cc2[N+](=O)[O-])c1. The molecule has 0 unspecified atom stereocenters. The van der Waals surface area contributed by atoms with Crippen molar-refractivity contribution in [1.82, 2.24) is 0 Å². The third-order valence-corrected chi connectivity index (χ3v) is 2.75. The third kappa shape index (κ3) is 3.22. The molecule has 0 bridgehead atoms. The van der Waals surface area contributed by atoms with E-state index in [4.69, 9.17) is 10.00 Å². The van der Waals surface area contributed by atoms with Crippen LogP contribution < -0.4 is 4.74 Å². The van der Waals surface area contributed by atoms with Gasteiger partial charge in [-0.2, -0.15) is 5.26 Å². The average Bonchev–Trinajstić information content (AvgIpc) is 2.47. The lowest BCUT2D eigenvalue weighted by Crippen LogP contribution is -1.96. The molecule has 0 aliphatic heterocycles. The first-order valence-corrected chi connectivity index (χ1v) is 5.98. The first-order chi connectivity index (χ1) is 10.0. The number of nitro groups is 1.